The lowest BCUT2D eigenvalue weighted by Gasteiger charge is -2.31. The van der Waals surface area contributed by atoms with Gasteiger partial charge in [-0.2, -0.15) is 26.3 Å². The molecule has 2 aromatic carbocycles. The van der Waals surface area contributed by atoms with E-state index in [0.717, 1.165) is 28.2 Å². The molecule has 0 spiro atoms. The molecule has 2 nitrogen and oxygen atoms in total. The molecule has 1 atom stereocenters. The summed E-state index contributed by atoms with van der Waals surface area (Å²) in [5.41, 5.74) is 2.22. The first kappa shape index (κ1) is 23.5. The second-order valence-corrected chi connectivity index (χ2v) is 8.36. The van der Waals surface area contributed by atoms with E-state index in [0.29, 0.717) is 17.9 Å². The zero-order valence-corrected chi connectivity index (χ0v) is 17.7. The number of alkyl halides is 6. The molecule has 1 unspecified atom stereocenters. The van der Waals surface area contributed by atoms with Crippen molar-refractivity contribution in [3.8, 4) is 0 Å². The normalized spacial score (nSPS) is 17.3. The summed E-state index contributed by atoms with van der Waals surface area (Å²) >= 11 is 4.38. The van der Waals surface area contributed by atoms with E-state index in [1.54, 1.807) is 0 Å². The van der Waals surface area contributed by atoms with Crippen LogP contribution in [-0.2, 0) is 6.54 Å². The number of hydrogen-bond donors (Lipinski definition) is 2. The highest BCUT2D eigenvalue weighted by molar-refractivity contribution is 7.80. The van der Waals surface area contributed by atoms with Crippen molar-refractivity contribution in [2.24, 2.45) is 0 Å². The number of thiol groups is 1. The highest BCUT2D eigenvalue weighted by Crippen LogP contribution is 2.46. The summed E-state index contributed by atoms with van der Waals surface area (Å²) < 4.78 is 77.7. The fraction of sp³-hybridized carbons (Fsp3) is 0.364. The molecule has 2 aromatic rings. The maximum Gasteiger partial charge on any atom is 0.404 e. The Morgan fingerprint density at radius 1 is 1.03 bits per heavy atom. The maximum absolute atomic E-state index is 12.9. The number of anilines is 1. The molecule has 31 heavy (non-hydrogen) atoms. The fourth-order valence-electron chi connectivity index (χ4n) is 3.91. The highest BCUT2D eigenvalue weighted by Gasteiger charge is 2.57. The molecule has 168 valence electrons. The van der Waals surface area contributed by atoms with Gasteiger partial charge in [-0.3, -0.25) is 4.90 Å². The minimum atomic E-state index is -5.42. The Hall–Kier alpha value is -2.13. The van der Waals surface area contributed by atoms with E-state index in [-0.39, 0.29) is 12.1 Å². The standard InChI is InChI=1S/C22H22F6N2S/c1-12(2)30-11-15-10-17(31)8-9-18(15)19(30)13(3)29-16-6-4-14(5-7-16)20(21(23,24)25)22(26,27)28/h4-10,12,19-20,29,31H,3,11H2,1-2H3. The Morgan fingerprint density at radius 2 is 1.61 bits per heavy atom. The van der Waals surface area contributed by atoms with E-state index in [1.807, 2.05) is 32.0 Å². The van der Waals surface area contributed by atoms with E-state index in [1.165, 1.54) is 12.1 Å². The summed E-state index contributed by atoms with van der Waals surface area (Å²) in [4.78, 5) is 3.03. The Bertz CT molecular complexity index is 936. The van der Waals surface area contributed by atoms with Gasteiger partial charge in [0.2, 0.25) is 0 Å². The van der Waals surface area contributed by atoms with Crippen LogP contribution in [0.2, 0.25) is 0 Å². The van der Waals surface area contributed by atoms with Crippen LogP contribution in [0.3, 0.4) is 0 Å². The third-order valence-corrected chi connectivity index (χ3v) is 5.58. The van der Waals surface area contributed by atoms with Crippen LogP contribution in [0.1, 0.15) is 42.5 Å². The summed E-state index contributed by atoms with van der Waals surface area (Å²) in [6.45, 7) is 8.85. The molecule has 0 amide bonds. The lowest BCUT2D eigenvalue weighted by atomic mass is 9.97. The van der Waals surface area contributed by atoms with Crippen LogP contribution in [-0.4, -0.2) is 23.3 Å². The molecule has 0 bridgehead atoms. The molecule has 0 fully saturated rings. The molecule has 3 rings (SSSR count). The molecular formula is C22H22F6N2S. The minimum absolute atomic E-state index is 0.182. The lowest BCUT2D eigenvalue weighted by molar-refractivity contribution is -0.253. The van der Waals surface area contributed by atoms with Crippen molar-refractivity contribution in [1.29, 1.82) is 0 Å². The molecule has 0 saturated carbocycles. The van der Waals surface area contributed by atoms with Gasteiger partial charge in [0, 0.05) is 28.9 Å². The molecule has 0 saturated heterocycles. The smallest absolute Gasteiger partial charge is 0.358 e. The zero-order valence-electron chi connectivity index (χ0n) is 16.8. The van der Waals surface area contributed by atoms with Gasteiger partial charge >= 0.3 is 12.4 Å². The third kappa shape index (κ3) is 5.03. The average Bonchev–Trinajstić information content (AvgIpc) is 3.00. The van der Waals surface area contributed by atoms with Crippen molar-refractivity contribution >= 4 is 18.3 Å². The van der Waals surface area contributed by atoms with Crippen LogP contribution in [0.5, 0.6) is 0 Å². The van der Waals surface area contributed by atoms with Crippen LogP contribution in [0.15, 0.2) is 59.6 Å². The summed E-state index contributed by atoms with van der Waals surface area (Å²) in [7, 11) is 0. The van der Waals surface area contributed by atoms with E-state index >= 15 is 0 Å². The van der Waals surface area contributed by atoms with Crippen molar-refractivity contribution in [2.45, 2.75) is 55.6 Å². The van der Waals surface area contributed by atoms with Crippen molar-refractivity contribution in [2.75, 3.05) is 5.32 Å². The van der Waals surface area contributed by atoms with E-state index < -0.39 is 23.8 Å². The van der Waals surface area contributed by atoms with Crippen molar-refractivity contribution < 1.29 is 26.3 Å². The number of hydrogen-bond acceptors (Lipinski definition) is 3. The van der Waals surface area contributed by atoms with Crippen LogP contribution in [0.4, 0.5) is 32.0 Å². The van der Waals surface area contributed by atoms with Crippen molar-refractivity contribution in [3.05, 3.63) is 71.4 Å². The molecular weight excluding hydrogens is 438 g/mol. The number of rotatable bonds is 5. The fourth-order valence-corrected chi connectivity index (χ4v) is 4.14. The van der Waals surface area contributed by atoms with Crippen LogP contribution in [0, 0.1) is 0 Å². The second-order valence-electron chi connectivity index (χ2n) is 7.84. The Balaban J connectivity index is 1.84. The monoisotopic (exact) mass is 460 g/mol. The van der Waals surface area contributed by atoms with Crippen LogP contribution in [0.25, 0.3) is 0 Å². The first-order valence-electron chi connectivity index (χ1n) is 9.55. The molecule has 1 aliphatic rings. The Labute approximate surface area is 182 Å². The number of halogens is 6. The predicted molar refractivity (Wildman–Crippen MR) is 111 cm³/mol. The number of nitrogens with one attached hydrogen (secondary N) is 1. The van der Waals surface area contributed by atoms with Crippen LogP contribution < -0.4 is 5.32 Å². The molecule has 9 heteroatoms. The van der Waals surface area contributed by atoms with Gasteiger partial charge in [0.05, 0.1) is 6.04 Å². The number of benzene rings is 2. The van der Waals surface area contributed by atoms with Gasteiger partial charge in [-0.25, -0.2) is 0 Å². The van der Waals surface area contributed by atoms with Crippen LogP contribution >= 0.6 is 12.6 Å². The predicted octanol–water partition coefficient (Wildman–Crippen LogP) is 7.07. The SMILES string of the molecule is C=C(Nc1ccc(C(C(F)(F)F)C(F)(F)F)cc1)C1c2ccc(S)cc2CN1C(C)C. The molecule has 1 heterocycles. The average molecular weight is 460 g/mol. The van der Waals surface area contributed by atoms with Crippen molar-refractivity contribution in [3.63, 3.8) is 0 Å². The summed E-state index contributed by atoms with van der Waals surface area (Å²) in [5, 5.41) is 3.05. The largest absolute Gasteiger partial charge is 0.404 e. The van der Waals surface area contributed by atoms with Gasteiger partial charge in [-0.05, 0) is 54.8 Å². The highest BCUT2D eigenvalue weighted by atomic mass is 32.1. The van der Waals surface area contributed by atoms with Gasteiger partial charge in [-0.15, -0.1) is 12.6 Å². The Morgan fingerprint density at radius 3 is 2.13 bits per heavy atom. The van der Waals surface area contributed by atoms with Gasteiger partial charge in [0.15, 0.2) is 5.92 Å². The lowest BCUT2D eigenvalue weighted by Crippen LogP contribution is -2.34. The molecule has 0 aliphatic carbocycles. The van der Waals surface area contributed by atoms with Gasteiger partial charge in [0.25, 0.3) is 0 Å². The molecule has 1 N–H and O–H groups in total. The topological polar surface area (TPSA) is 15.3 Å². The molecule has 1 aliphatic heterocycles. The molecule has 0 radical (unpaired) electrons. The second kappa shape index (κ2) is 8.43. The van der Waals surface area contributed by atoms with Crippen molar-refractivity contribution in [1.82, 2.24) is 4.90 Å². The summed E-state index contributed by atoms with van der Waals surface area (Å²) in [6, 6.07) is 9.89. The van der Waals surface area contributed by atoms with E-state index in [9.17, 15) is 26.3 Å². The summed E-state index contributed by atoms with van der Waals surface area (Å²) in [6.07, 6.45) is -10.8. The van der Waals surface area contributed by atoms with E-state index in [4.69, 9.17) is 0 Å². The van der Waals surface area contributed by atoms with Gasteiger partial charge < -0.3 is 5.32 Å². The first-order valence-corrected chi connectivity index (χ1v) is 10.0. The first-order chi connectivity index (χ1) is 14.3. The van der Waals surface area contributed by atoms with Gasteiger partial charge in [-0.1, -0.05) is 24.8 Å². The Kier molecular flexibility index (Phi) is 6.40. The number of fused-ring (bicyclic) bond motifs is 1. The van der Waals surface area contributed by atoms with E-state index in [2.05, 4.69) is 29.4 Å². The maximum atomic E-state index is 12.9. The quantitative estimate of drug-likeness (QED) is 0.366. The summed E-state index contributed by atoms with van der Waals surface area (Å²) in [5.74, 6) is -3.52. The number of nitrogens with zero attached hydrogens (tertiary/aromatic N) is 1. The minimum Gasteiger partial charge on any atom is -0.358 e. The molecule has 0 aromatic heterocycles. The third-order valence-electron chi connectivity index (χ3n) is 5.30. The van der Waals surface area contributed by atoms with Gasteiger partial charge in [0.1, 0.15) is 0 Å². The zero-order chi connectivity index (χ0) is 23.1.